The monoisotopic (exact) mass is 265 g/mol. The fraction of sp³-hybridized carbons (Fsp3) is 0.462. The van der Waals surface area contributed by atoms with Crippen LogP contribution in [0.4, 0.5) is 0 Å². The van der Waals surface area contributed by atoms with Crippen molar-refractivity contribution in [3.8, 4) is 0 Å². The number of aromatic nitrogens is 2. The zero-order valence-corrected chi connectivity index (χ0v) is 10.9. The molecule has 0 fully saturated rings. The Kier molecular flexibility index (Phi) is 4.59. The zero-order valence-electron chi connectivity index (χ0n) is 10.9. The molecule has 0 radical (unpaired) electrons. The predicted octanol–water partition coefficient (Wildman–Crippen LogP) is 0.119. The fourth-order valence-corrected chi connectivity index (χ4v) is 1.82. The second-order valence-electron chi connectivity index (χ2n) is 4.40. The van der Waals surface area contributed by atoms with Crippen LogP contribution in [-0.4, -0.2) is 40.6 Å². The molecule has 19 heavy (non-hydrogen) atoms. The number of benzene rings is 1. The number of aliphatic hydroxyl groups excluding tert-OH is 1. The Morgan fingerprint density at radius 2 is 2.26 bits per heavy atom. The van der Waals surface area contributed by atoms with Crippen LogP contribution in [-0.2, 0) is 0 Å². The summed E-state index contributed by atoms with van der Waals surface area (Å²) < 4.78 is 1.18. The number of aliphatic hydroxyl groups is 1. The SMILES string of the molecule is CCCNCC(O)COn1c(=O)[nH]c2ccccc21. The van der Waals surface area contributed by atoms with E-state index >= 15 is 0 Å². The van der Waals surface area contributed by atoms with Crippen molar-refractivity contribution in [2.45, 2.75) is 19.4 Å². The second kappa shape index (κ2) is 6.40. The molecule has 1 heterocycles. The van der Waals surface area contributed by atoms with Crippen molar-refractivity contribution in [3.05, 3.63) is 34.7 Å². The summed E-state index contributed by atoms with van der Waals surface area (Å²) in [4.78, 5) is 19.8. The minimum absolute atomic E-state index is 0.0679. The van der Waals surface area contributed by atoms with Crippen LogP contribution in [0.1, 0.15) is 13.3 Å². The van der Waals surface area contributed by atoms with Crippen molar-refractivity contribution in [3.63, 3.8) is 0 Å². The number of aromatic amines is 1. The summed E-state index contributed by atoms with van der Waals surface area (Å²) in [6.07, 6.45) is 0.363. The Hall–Kier alpha value is -1.79. The summed E-state index contributed by atoms with van der Waals surface area (Å²) in [5, 5.41) is 12.8. The minimum atomic E-state index is -0.646. The third-order valence-corrected chi connectivity index (χ3v) is 2.75. The molecule has 0 aliphatic heterocycles. The molecule has 1 aromatic carbocycles. The van der Waals surface area contributed by atoms with Gasteiger partial charge in [-0.1, -0.05) is 19.1 Å². The maximum atomic E-state index is 11.7. The van der Waals surface area contributed by atoms with Crippen LogP contribution >= 0.6 is 0 Å². The zero-order chi connectivity index (χ0) is 13.7. The quantitative estimate of drug-likeness (QED) is 0.621. The molecule has 0 bridgehead atoms. The number of hydrogen-bond donors (Lipinski definition) is 3. The van der Waals surface area contributed by atoms with Gasteiger partial charge in [-0.15, -0.1) is 4.73 Å². The number of rotatable bonds is 7. The van der Waals surface area contributed by atoms with Crippen LogP contribution in [0.5, 0.6) is 0 Å². The first-order valence-corrected chi connectivity index (χ1v) is 6.44. The largest absolute Gasteiger partial charge is 0.406 e. The first-order chi connectivity index (χ1) is 9.22. The van der Waals surface area contributed by atoms with Crippen LogP contribution in [0, 0.1) is 0 Å². The Labute approximate surface area is 111 Å². The van der Waals surface area contributed by atoms with Gasteiger partial charge in [0.05, 0.1) is 5.52 Å². The van der Waals surface area contributed by atoms with Gasteiger partial charge >= 0.3 is 5.69 Å². The van der Waals surface area contributed by atoms with Crippen LogP contribution in [0.2, 0.25) is 0 Å². The average molecular weight is 265 g/mol. The molecule has 0 saturated carbocycles. The van der Waals surface area contributed by atoms with E-state index in [4.69, 9.17) is 4.84 Å². The molecular weight excluding hydrogens is 246 g/mol. The first kappa shape index (κ1) is 13.6. The maximum Gasteiger partial charge on any atom is 0.359 e. The van der Waals surface area contributed by atoms with Crippen LogP contribution in [0.15, 0.2) is 29.1 Å². The lowest BCUT2D eigenvalue weighted by Gasteiger charge is -2.12. The van der Waals surface area contributed by atoms with E-state index in [0.29, 0.717) is 17.6 Å². The van der Waals surface area contributed by atoms with Gasteiger partial charge in [0.2, 0.25) is 0 Å². The number of nitrogens with zero attached hydrogens (tertiary/aromatic N) is 1. The third-order valence-electron chi connectivity index (χ3n) is 2.75. The number of hydrogen-bond acceptors (Lipinski definition) is 4. The van der Waals surface area contributed by atoms with Crippen LogP contribution in [0.3, 0.4) is 0 Å². The molecule has 0 aliphatic rings. The molecule has 2 rings (SSSR count). The summed E-state index contributed by atoms with van der Waals surface area (Å²) in [5.74, 6) is 0. The molecule has 6 nitrogen and oxygen atoms in total. The second-order valence-corrected chi connectivity index (χ2v) is 4.40. The molecule has 3 N–H and O–H groups in total. The predicted molar refractivity (Wildman–Crippen MR) is 73.2 cm³/mol. The highest BCUT2D eigenvalue weighted by atomic mass is 16.7. The molecule has 0 saturated heterocycles. The van der Waals surface area contributed by atoms with Crippen LogP contribution < -0.4 is 15.8 Å². The van der Waals surface area contributed by atoms with Gasteiger partial charge in [-0.2, -0.15) is 0 Å². The van der Waals surface area contributed by atoms with Crippen molar-refractivity contribution in [2.75, 3.05) is 19.7 Å². The van der Waals surface area contributed by atoms with Gasteiger partial charge < -0.3 is 20.2 Å². The van der Waals surface area contributed by atoms with E-state index in [0.717, 1.165) is 13.0 Å². The molecule has 6 heteroatoms. The average Bonchev–Trinajstić information content (AvgIpc) is 2.72. The number of nitrogens with one attached hydrogen (secondary N) is 2. The highest BCUT2D eigenvalue weighted by Crippen LogP contribution is 2.07. The highest BCUT2D eigenvalue weighted by Gasteiger charge is 2.09. The van der Waals surface area contributed by atoms with Gasteiger partial charge in [0.1, 0.15) is 18.2 Å². The van der Waals surface area contributed by atoms with Gasteiger partial charge in [0.25, 0.3) is 0 Å². The lowest BCUT2D eigenvalue weighted by molar-refractivity contribution is 0.0280. The maximum absolute atomic E-state index is 11.7. The molecule has 0 amide bonds. The Morgan fingerprint density at radius 1 is 1.47 bits per heavy atom. The lowest BCUT2D eigenvalue weighted by Crippen LogP contribution is -2.36. The first-order valence-electron chi connectivity index (χ1n) is 6.44. The molecule has 2 aromatic rings. The van der Waals surface area contributed by atoms with Crippen molar-refractivity contribution < 1.29 is 9.94 Å². The van der Waals surface area contributed by atoms with E-state index in [1.807, 2.05) is 12.1 Å². The normalized spacial score (nSPS) is 12.7. The summed E-state index contributed by atoms with van der Waals surface area (Å²) in [6, 6.07) is 7.26. The van der Waals surface area contributed by atoms with Gasteiger partial charge in [0, 0.05) is 6.54 Å². The van der Waals surface area contributed by atoms with E-state index in [1.54, 1.807) is 12.1 Å². The number of imidazole rings is 1. The highest BCUT2D eigenvalue weighted by molar-refractivity contribution is 5.74. The van der Waals surface area contributed by atoms with E-state index in [2.05, 4.69) is 17.2 Å². The third kappa shape index (κ3) is 3.36. The molecule has 104 valence electrons. The molecule has 1 aromatic heterocycles. The molecule has 1 atom stereocenters. The van der Waals surface area contributed by atoms with E-state index in [-0.39, 0.29) is 12.3 Å². The Balaban J connectivity index is 1.98. The summed E-state index contributed by atoms with van der Waals surface area (Å²) >= 11 is 0. The summed E-state index contributed by atoms with van der Waals surface area (Å²) in [5.41, 5.74) is 1.04. The van der Waals surface area contributed by atoms with Crippen LogP contribution in [0.25, 0.3) is 11.0 Å². The lowest BCUT2D eigenvalue weighted by atomic mass is 10.3. The Bertz CT molecular complexity index is 576. The van der Waals surface area contributed by atoms with Gasteiger partial charge in [0.15, 0.2) is 0 Å². The Morgan fingerprint density at radius 3 is 3.05 bits per heavy atom. The summed E-state index contributed by atoms with van der Waals surface area (Å²) in [7, 11) is 0. The molecular formula is C13H19N3O3. The molecule has 1 unspecified atom stereocenters. The van der Waals surface area contributed by atoms with Crippen molar-refractivity contribution in [1.82, 2.24) is 15.0 Å². The van der Waals surface area contributed by atoms with E-state index < -0.39 is 6.10 Å². The van der Waals surface area contributed by atoms with Gasteiger partial charge in [-0.05, 0) is 25.1 Å². The number of para-hydroxylation sites is 2. The minimum Gasteiger partial charge on any atom is -0.406 e. The fourth-order valence-electron chi connectivity index (χ4n) is 1.82. The topological polar surface area (TPSA) is 79.3 Å². The number of H-pyrrole nitrogens is 1. The summed E-state index contributed by atoms with van der Waals surface area (Å²) in [6.45, 7) is 3.43. The van der Waals surface area contributed by atoms with Crippen molar-refractivity contribution >= 4 is 11.0 Å². The van der Waals surface area contributed by atoms with E-state index in [1.165, 1.54) is 4.73 Å². The van der Waals surface area contributed by atoms with Crippen molar-refractivity contribution in [1.29, 1.82) is 0 Å². The van der Waals surface area contributed by atoms with E-state index in [9.17, 15) is 9.90 Å². The molecule has 0 aliphatic carbocycles. The number of fused-ring (bicyclic) bond motifs is 1. The van der Waals surface area contributed by atoms with Crippen molar-refractivity contribution in [2.24, 2.45) is 0 Å². The van der Waals surface area contributed by atoms with Gasteiger partial charge in [-0.25, -0.2) is 4.79 Å². The molecule has 0 spiro atoms. The standard InChI is InChI=1S/C13H19N3O3/c1-2-7-14-8-10(17)9-19-16-12-6-4-3-5-11(12)15-13(16)18/h3-6,10,14,17H,2,7-9H2,1H3,(H,15,18). The van der Waals surface area contributed by atoms with Gasteiger partial charge in [-0.3, -0.25) is 0 Å². The smallest absolute Gasteiger partial charge is 0.359 e.